The van der Waals surface area contributed by atoms with E-state index in [1.165, 1.54) is 0 Å². The molecule has 0 spiro atoms. The van der Waals surface area contributed by atoms with Crippen LogP contribution in [0.4, 0.5) is 0 Å². The summed E-state index contributed by atoms with van der Waals surface area (Å²) in [5.41, 5.74) is 9.71. The maximum absolute atomic E-state index is 5.74. The first-order valence-corrected chi connectivity index (χ1v) is 7.10. The van der Waals surface area contributed by atoms with Gasteiger partial charge in [-0.3, -0.25) is 0 Å². The van der Waals surface area contributed by atoms with Gasteiger partial charge in [-0.2, -0.15) is 0 Å². The molecule has 0 aliphatic heterocycles. The number of hydrogen-bond acceptors (Lipinski definition) is 3. The van der Waals surface area contributed by atoms with Crippen LogP contribution in [0.3, 0.4) is 0 Å². The van der Waals surface area contributed by atoms with Gasteiger partial charge in [0.15, 0.2) is 5.82 Å². The Kier molecular flexibility index (Phi) is 3.10. The van der Waals surface area contributed by atoms with E-state index in [1.54, 1.807) is 6.33 Å². The normalized spacial score (nSPS) is 12.2. The summed E-state index contributed by atoms with van der Waals surface area (Å²) in [6.45, 7) is 7.06. The predicted molar refractivity (Wildman–Crippen MR) is 84.8 cm³/mol. The highest BCUT2D eigenvalue weighted by atomic mass is 15.2. The summed E-state index contributed by atoms with van der Waals surface area (Å²) < 4.78 is 4.18. The Hall–Kier alpha value is -2.14. The highest BCUT2D eigenvalue weighted by Crippen LogP contribution is 2.30. The van der Waals surface area contributed by atoms with Gasteiger partial charge in [0.25, 0.3) is 0 Å². The molecule has 21 heavy (non-hydrogen) atoms. The number of hydrogen-bond donors (Lipinski definition) is 1. The Balaban J connectivity index is 2.32. The number of nitrogens with zero attached hydrogens (tertiary/aromatic N) is 4. The minimum absolute atomic E-state index is 0.0775. The molecule has 3 rings (SSSR count). The van der Waals surface area contributed by atoms with Crippen LogP contribution in [0.2, 0.25) is 0 Å². The molecule has 0 bridgehead atoms. The molecule has 3 aromatic rings. The first kappa shape index (κ1) is 13.8. The Morgan fingerprint density at radius 1 is 1.24 bits per heavy atom. The summed E-state index contributed by atoms with van der Waals surface area (Å²) in [5.74, 6) is 0.896. The van der Waals surface area contributed by atoms with Crippen molar-refractivity contribution in [3.05, 3.63) is 36.3 Å². The zero-order valence-electron chi connectivity index (χ0n) is 13.0. The smallest absolute Gasteiger partial charge is 0.161 e. The van der Waals surface area contributed by atoms with E-state index in [2.05, 4.69) is 48.5 Å². The highest BCUT2D eigenvalue weighted by Gasteiger charge is 2.23. The Labute approximate surface area is 124 Å². The van der Waals surface area contributed by atoms with Crippen molar-refractivity contribution in [3.63, 3.8) is 0 Å². The molecule has 0 aliphatic carbocycles. The number of aryl methyl sites for hydroxylation is 1. The van der Waals surface area contributed by atoms with Crippen molar-refractivity contribution in [1.82, 2.24) is 19.1 Å². The fraction of sp³-hybridized carbons (Fsp3) is 0.375. The molecule has 5 heteroatoms. The molecular weight excluding hydrogens is 262 g/mol. The van der Waals surface area contributed by atoms with E-state index in [0.29, 0.717) is 6.54 Å². The molecule has 0 saturated heterocycles. The lowest BCUT2D eigenvalue weighted by Crippen LogP contribution is -2.22. The molecule has 5 nitrogen and oxygen atoms in total. The number of imidazole rings is 2. The van der Waals surface area contributed by atoms with Crippen LogP contribution >= 0.6 is 0 Å². The Morgan fingerprint density at radius 3 is 2.57 bits per heavy atom. The van der Waals surface area contributed by atoms with Gasteiger partial charge in [-0.05, 0) is 38.5 Å². The van der Waals surface area contributed by atoms with Crippen LogP contribution in [0, 0.1) is 0 Å². The third-order valence-electron chi connectivity index (χ3n) is 3.56. The highest BCUT2D eigenvalue weighted by molar-refractivity contribution is 5.81. The van der Waals surface area contributed by atoms with E-state index < -0.39 is 0 Å². The summed E-state index contributed by atoms with van der Waals surface area (Å²) in [4.78, 5) is 9.26. The second kappa shape index (κ2) is 4.70. The molecule has 2 heterocycles. The SMILES string of the molecule is Cn1cnc(-c2nc3cc(CN)ccc3n2C(C)(C)C)c1. The van der Waals surface area contributed by atoms with E-state index in [-0.39, 0.29) is 5.54 Å². The summed E-state index contributed by atoms with van der Waals surface area (Å²) in [6.07, 6.45) is 3.79. The number of nitrogens with two attached hydrogens (primary N) is 1. The fourth-order valence-corrected chi connectivity index (χ4v) is 2.63. The van der Waals surface area contributed by atoms with E-state index in [4.69, 9.17) is 10.7 Å². The van der Waals surface area contributed by atoms with Gasteiger partial charge in [0.2, 0.25) is 0 Å². The van der Waals surface area contributed by atoms with Crippen molar-refractivity contribution < 1.29 is 0 Å². The molecule has 110 valence electrons. The fourth-order valence-electron chi connectivity index (χ4n) is 2.63. The van der Waals surface area contributed by atoms with Crippen molar-refractivity contribution in [2.45, 2.75) is 32.9 Å². The zero-order chi connectivity index (χ0) is 15.2. The molecule has 2 N–H and O–H groups in total. The van der Waals surface area contributed by atoms with Gasteiger partial charge >= 0.3 is 0 Å². The second-order valence-electron chi connectivity index (χ2n) is 6.39. The molecule has 0 radical (unpaired) electrons. The largest absolute Gasteiger partial charge is 0.340 e. The van der Waals surface area contributed by atoms with E-state index in [9.17, 15) is 0 Å². The van der Waals surface area contributed by atoms with Gasteiger partial charge < -0.3 is 14.9 Å². The quantitative estimate of drug-likeness (QED) is 0.786. The van der Waals surface area contributed by atoms with Gasteiger partial charge in [0, 0.05) is 25.3 Å². The maximum atomic E-state index is 5.74. The van der Waals surface area contributed by atoms with Crippen molar-refractivity contribution >= 4 is 11.0 Å². The second-order valence-corrected chi connectivity index (χ2v) is 6.39. The summed E-state index contributed by atoms with van der Waals surface area (Å²) in [7, 11) is 1.97. The molecule has 1 aromatic carbocycles. The van der Waals surface area contributed by atoms with Gasteiger partial charge in [0.05, 0.1) is 17.4 Å². The lowest BCUT2D eigenvalue weighted by molar-refractivity contribution is 0.412. The molecular formula is C16H21N5. The maximum Gasteiger partial charge on any atom is 0.161 e. The number of benzene rings is 1. The van der Waals surface area contributed by atoms with Crippen LogP contribution in [0.1, 0.15) is 26.3 Å². The van der Waals surface area contributed by atoms with Gasteiger partial charge in [-0.1, -0.05) is 6.07 Å². The van der Waals surface area contributed by atoms with Crippen molar-refractivity contribution in [1.29, 1.82) is 0 Å². The van der Waals surface area contributed by atoms with Crippen LogP contribution < -0.4 is 5.73 Å². The summed E-state index contributed by atoms with van der Waals surface area (Å²) in [6, 6.07) is 6.22. The molecule has 0 amide bonds. The average Bonchev–Trinajstić information content (AvgIpc) is 3.00. The number of fused-ring (bicyclic) bond motifs is 1. The lowest BCUT2D eigenvalue weighted by atomic mass is 10.1. The van der Waals surface area contributed by atoms with Gasteiger partial charge in [-0.15, -0.1) is 0 Å². The van der Waals surface area contributed by atoms with Crippen molar-refractivity contribution in [2.75, 3.05) is 0 Å². The van der Waals surface area contributed by atoms with Crippen molar-refractivity contribution in [2.24, 2.45) is 12.8 Å². The molecule has 0 aliphatic rings. The lowest BCUT2D eigenvalue weighted by Gasteiger charge is -2.24. The van der Waals surface area contributed by atoms with Gasteiger partial charge in [0.1, 0.15) is 5.69 Å². The average molecular weight is 283 g/mol. The van der Waals surface area contributed by atoms with E-state index >= 15 is 0 Å². The molecule has 0 fully saturated rings. The minimum Gasteiger partial charge on any atom is -0.340 e. The monoisotopic (exact) mass is 283 g/mol. The van der Waals surface area contributed by atoms with E-state index in [1.807, 2.05) is 17.8 Å². The Bertz CT molecular complexity index is 789. The van der Waals surface area contributed by atoms with Crippen LogP contribution in [0.25, 0.3) is 22.6 Å². The summed E-state index contributed by atoms with van der Waals surface area (Å²) in [5, 5.41) is 0. The van der Waals surface area contributed by atoms with Crippen LogP contribution in [0.15, 0.2) is 30.7 Å². The van der Waals surface area contributed by atoms with Crippen LogP contribution in [-0.2, 0) is 19.1 Å². The molecule has 0 saturated carbocycles. The zero-order valence-corrected chi connectivity index (χ0v) is 13.0. The number of aromatic nitrogens is 4. The van der Waals surface area contributed by atoms with Crippen LogP contribution in [0.5, 0.6) is 0 Å². The summed E-state index contributed by atoms with van der Waals surface area (Å²) >= 11 is 0. The predicted octanol–water partition coefficient (Wildman–Crippen LogP) is 2.65. The van der Waals surface area contributed by atoms with Gasteiger partial charge in [-0.25, -0.2) is 9.97 Å². The first-order chi connectivity index (χ1) is 9.90. The third kappa shape index (κ3) is 2.34. The third-order valence-corrected chi connectivity index (χ3v) is 3.56. The Morgan fingerprint density at radius 2 is 2.00 bits per heavy atom. The molecule has 0 atom stereocenters. The van der Waals surface area contributed by atoms with E-state index in [0.717, 1.165) is 28.1 Å². The number of rotatable bonds is 2. The minimum atomic E-state index is -0.0775. The topological polar surface area (TPSA) is 61.7 Å². The van der Waals surface area contributed by atoms with Crippen LogP contribution in [-0.4, -0.2) is 19.1 Å². The standard InChI is InChI=1S/C16H21N5/c1-16(2,3)21-14-6-5-11(8-17)7-12(14)19-15(21)13-9-20(4)10-18-13/h5-7,9-10H,8,17H2,1-4H3. The first-order valence-electron chi connectivity index (χ1n) is 7.10. The van der Waals surface area contributed by atoms with Crippen molar-refractivity contribution in [3.8, 4) is 11.5 Å². The molecule has 2 aromatic heterocycles. The molecule has 0 unspecified atom stereocenters.